The number of aromatic nitrogens is 2. The lowest BCUT2D eigenvalue weighted by molar-refractivity contribution is -0.137. The second-order valence-electron chi connectivity index (χ2n) is 4.73. The van der Waals surface area contributed by atoms with Gasteiger partial charge in [-0.3, -0.25) is 4.57 Å². The standard InChI is InChI=1S/C16H11F3N2O/c17-16(18,19)12-7-4-8-13(9-12)21-14(10-20-15(21)22)11-5-2-1-3-6-11/h1-10H,(H,20,22). The number of nitrogens with one attached hydrogen (secondary N) is 1. The van der Waals surface area contributed by atoms with Crippen molar-refractivity contribution in [3.8, 4) is 16.9 Å². The van der Waals surface area contributed by atoms with Crippen molar-refractivity contribution in [1.82, 2.24) is 9.55 Å². The Morgan fingerprint density at radius 3 is 2.36 bits per heavy atom. The van der Waals surface area contributed by atoms with E-state index in [1.165, 1.54) is 22.9 Å². The van der Waals surface area contributed by atoms with E-state index < -0.39 is 17.4 Å². The highest BCUT2D eigenvalue weighted by Gasteiger charge is 2.30. The van der Waals surface area contributed by atoms with Crippen molar-refractivity contribution in [3.63, 3.8) is 0 Å². The summed E-state index contributed by atoms with van der Waals surface area (Å²) in [5, 5.41) is 0. The van der Waals surface area contributed by atoms with Crippen LogP contribution in [0.1, 0.15) is 5.56 Å². The number of nitrogens with zero attached hydrogens (tertiary/aromatic N) is 1. The van der Waals surface area contributed by atoms with Crippen LogP contribution in [0.4, 0.5) is 13.2 Å². The molecule has 0 amide bonds. The van der Waals surface area contributed by atoms with Crippen LogP contribution >= 0.6 is 0 Å². The maximum Gasteiger partial charge on any atom is 0.416 e. The van der Waals surface area contributed by atoms with Gasteiger partial charge in [0.15, 0.2) is 0 Å². The number of rotatable bonds is 2. The minimum Gasteiger partial charge on any atom is -0.312 e. The van der Waals surface area contributed by atoms with Gasteiger partial charge in [0.2, 0.25) is 0 Å². The van der Waals surface area contributed by atoms with Crippen molar-refractivity contribution in [3.05, 3.63) is 76.8 Å². The molecule has 3 nitrogen and oxygen atoms in total. The van der Waals surface area contributed by atoms with Gasteiger partial charge in [-0.25, -0.2) is 4.79 Å². The number of hydrogen-bond donors (Lipinski definition) is 1. The largest absolute Gasteiger partial charge is 0.416 e. The van der Waals surface area contributed by atoms with Crippen LogP contribution in [0.15, 0.2) is 65.6 Å². The normalized spacial score (nSPS) is 11.6. The molecule has 0 aliphatic carbocycles. The molecule has 3 rings (SSSR count). The lowest BCUT2D eigenvalue weighted by atomic mass is 10.1. The van der Waals surface area contributed by atoms with E-state index in [2.05, 4.69) is 4.98 Å². The van der Waals surface area contributed by atoms with Crippen LogP contribution in [0.5, 0.6) is 0 Å². The topological polar surface area (TPSA) is 37.8 Å². The zero-order valence-electron chi connectivity index (χ0n) is 11.3. The fourth-order valence-electron chi connectivity index (χ4n) is 2.27. The van der Waals surface area contributed by atoms with Gasteiger partial charge >= 0.3 is 11.9 Å². The van der Waals surface area contributed by atoms with E-state index in [0.29, 0.717) is 5.69 Å². The van der Waals surface area contributed by atoms with Crippen molar-refractivity contribution in [2.75, 3.05) is 0 Å². The lowest BCUT2D eigenvalue weighted by Gasteiger charge is -2.11. The van der Waals surface area contributed by atoms with Crippen molar-refractivity contribution < 1.29 is 13.2 Å². The van der Waals surface area contributed by atoms with E-state index in [1.54, 1.807) is 24.3 Å². The Balaban J connectivity index is 2.18. The summed E-state index contributed by atoms with van der Waals surface area (Å²) in [5.74, 6) is 0. The second-order valence-corrected chi connectivity index (χ2v) is 4.73. The number of halogens is 3. The third-order valence-corrected chi connectivity index (χ3v) is 3.28. The molecule has 22 heavy (non-hydrogen) atoms. The third-order valence-electron chi connectivity index (χ3n) is 3.28. The molecular weight excluding hydrogens is 293 g/mol. The minimum absolute atomic E-state index is 0.167. The van der Waals surface area contributed by atoms with Crippen LogP contribution in [-0.4, -0.2) is 9.55 Å². The summed E-state index contributed by atoms with van der Waals surface area (Å²) < 4.78 is 39.7. The molecular formula is C16H11F3N2O. The Morgan fingerprint density at radius 2 is 1.68 bits per heavy atom. The number of H-pyrrole nitrogens is 1. The van der Waals surface area contributed by atoms with E-state index >= 15 is 0 Å². The van der Waals surface area contributed by atoms with Gasteiger partial charge in [0.25, 0.3) is 0 Å². The molecule has 0 aliphatic rings. The minimum atomic E-state index is -4.46. The Labute approximate surface area is 123 Å². The van der Waals surface area contributed by atoms with Crippen LogP contribution in [0.2, 0.25) is 0 Å². The summed E-state index contributed by atoms with van der Waals surface area (Å²) in [6, 6.07) is 13.7. The van der Waals surface area contributed by atoms with Gasteiger partial charge in [-0.2, -0.15) is 13.2 Å². The molecule has 0 fully saturated rings. The smallest absolute Gasteiger partial charge is 0.312 e. The van der Waals surface area contributed by atoms with Crippen molar-refractivity contribution >= 4 is 0 Å². The third kappa shape index (κ3) is 2.55. The highest BCUT2D eigenvalue weighted by atomic mass is 19.4. The summed E-state index contributed by atoms with van der Waals surface area (Å²) in [6.07, 6.45) is -2.97. The zero-order valence-corrected chi connectivity index (χ0v) is 11.3. The average Bonchev–Trinajstić information content (AvgIpc) is 2.89. The van der Waals surface area contributed by atoms with Crippen LogP contribution in [0.25, 0.3) is 16.9 Å². The predicted molar refractivity (Wildman–Crippen MR) is 76.8 cm³/mol. The Hall–Kier alpha value is -2.76. The number of hydrogen-bond acceptors (Lipinski definition) is 1. The van der Waals surface area contributed by atoms with Crippen molar-refractivity contribution in [2.45, 2.75) is 6.18 Å². The molecule has 0 unspecified atom stereocenters. The van der Waals surface area contributed by atoms with Crippen LogP contribution in [0.3, 0.4) is 0 Å². The number of aromatic amines is 1. The van der Waals surface area contributed by atoms with E-state index in [9.17, 15) is 18.0 Å². The molecule has 1 N–H and O–H groups in total. The summed E-state index contributed by atoms with van der Waals surface area (Å²) in [7, 11) is 0. The summed E-state index contributed by atoms with van der Waals surface area (Å²) in [6.45, 7) is 0. The van der Waals surface area contributed by atoms with Gasteiger partial charge < -0.3 is 4.98 Å². The van der Waals surface area contributed by atoms with Crippen LogP contribution in [-0.2, 0) is 6.18 Å². The summed E-state index contributed by atoms with van der Waals surface area (Å²) >= 11 is 0. The maximum absolute atomic E-state index is 12.8. The van der Waals surface area contributed by atoms with Gasteiger partial charge in [-0.15, -0.1) is 0 Å². The molecule has 0 spiro atoms. The Morgan fingerprint density at radius 1 is 0.955 bits per heavy atom. The molecule has 0 radical (unpaired) electrons. The molecule has 0 aliphatic heterocycles. The molecule has 1 aromatic heterocycles. The van der Waals surface area contributed by atoms with E-state index in [1.807, 2.05) is 6.07 Å². The fraction of sp³-hybridized carbons (Fsp3) is 0.0625. The first kappa shape index (κ1) is 14.2. The second kappa shape index (κ2) is 5.22. The molecule has 2 aromatic carbocycles. The molecule has 0 saturated carbocycles. The summed E-state index contributed by atoms with van der Waals surface area (Å²) in [4.78, 5) is 14.5. The van der Waals surface area contributed by atoms with Gasteiger partial charge in [0, 0.05) is 11.8 Å². The molecule has 0 atom stereocenters. The SMILES string of the molecule is O=c1[nH]cc(-c2ccccc2)n1-c1cccc(C(F)(F)F)c1. The quantitative estimate of drug-likeness (QED) is 0.767. The zero-order chi connectivity index (χ0) is 15.7. The predicted octanol–water partition coefficient (Wildman–Crippen LogP) is 3.85. The first-order valence-corrected chi connectivity index (χ1v) is 6.50. The lowest BCUT2D eigenvalue weighted by Crippen LogP contribution is -2.16. The number of alkyl halides is 3. The molecule has 112 valence electrons. The highest BCUT2D eigenvalue weighted by molar-refractivity contribution is 5.61. The van der Waals surface area contributed by atoms with Gasteiger partial charge in [0.1, 0.15) is 0 Å². The van der Waals surface area contributed by atoms with Crippen LogP contribution in [0, 0.1) is 0 Å². The van der Waals surface area contributed by atoms with Crippen LogP contribution < -0.4 is 5.69 Å². The first-order chi connectivity index (χ1) is 10.5. The monoisotopic (exact) mass is 304 g/mol. The van der Waals surface area contributed by atoms with Crippen molar-refractivity contribution in [2.24, 2.45) is 0 Å². The number of imidazole rings is 1. The molecule has 3 aromatic rings. The van der Waals surface area contributed by atoms with Gasteiger partial charge in [0.05, 0.1) is 16.9 Å². The van der Waals surface area contributed by atoms with Gasteiger partial charge in [-0.1, -0.05) is 36.4 Å². The van der Waals surface area contributed by atoms with Crippen molar-refractivity contribution in [1.29, 1.82) is 0 Å². The van der Waals surface area contributed by atoms with E-state index in [0.717, 1.165) is 17.7 Å². The average molecular weight is 304 g/mol. The van der Waals surface area contributed by atoms with Gasteiger partial charge in [-0.05, 0) is 18.2 Å². The van der Waals surface area contributed by atoms with E-state index in [4.69, 9.17) is 0 Å². The molecule has 0 saturated heterocycles. The molecule has 0 bridgehead atoms. The molecule has 1 heterocycles. The van der Waals surface area contributed by atoms with E-state index in [-0.39, 0.29) is 5.69 Å². The summed E-state index contributed by atoms with van der Waals surface area (Å²) in [5.41, 5.74) is 0.124. The maximum atomic E-state index is 12.8. The Bertz CT molecular complexity index is 848. The molecule has 6 heteroatoms. The highest BCUT2D eigenvalue weighted by Crippen LogP contribution is 2.31. The first-order valence-electron chi connectivity index (χ1n) is 6.50. The Kier molecular flexibility index (Phi) is 3.36. The number of benzene rings is 2. The fourth-order valence-corrected chi connectivity index (χ4v) is 2.27.